The summed E-state index contributed by atoms with van der Waals surface area (Å²) in [4.78, 5) is 11.6. The first-order valence-electron chi connectivity index (χ1n) is 4.88. The van der Waals surface area contributed by atoms with Crippen molar-refractivity contribution in [2.75, 3.05) is 6.61 Å². The number of carbonyl (C=O) groups is 1. The maximum Gasteiger partial charge on any atom is 0.338 e. The molecule has 0 aromatic heterocycles. The van der Waals surface area contributed by atoms with Crippen molar-refractivity contribution in [1.82, 2.24) is 0 Å². The molecule has 1 aromatic rings. The van der Waals surface area contributed by atoms with Gasteiger partial charge < -0.3 is 4.74 Å². The molecule has 0 radical (unpaired) electrons. The first-order chi connectivity index (χ1) is 6.99. The molecule has 1 aromatic carbocycles. The van der Waals surface area contributed by atoms with Gasteiger partial charge in [0.25, 0.3) is 0 Å². The van der Waals surface area contributed by atoms with E-state index in [1.807, 2.05) is 32.0 Å². The fraction of sp³-hybridized carbons (Fsp3) is 0.417. The number of carbonyl (C=O) groups excluding carboxylic acids is 1. The number of rotatable bonds is 3. The minimum absolute atomic E-state index is 0.153. The summed E-state index contributed by atoms with van der Waals surface area (Å²) in [5.41, 5.74) is 2.70. The van der Waals surface area contributed by atoms with Crippen molar-refractivity contribution in [2.45, 2.75) is 26.1 Å². The lowest BCUT2D eigenvalue weighted by atomic mass is 10.1. The SMILES string of the molecule is Cc1cc(C)cc(C(=O)OCC(C)Cl)c1. The summed E-state index contributed by atoms with van der Waals surface area (Å²) >= 11 is 5.69. The molecule has 0 bridgehead atoms. The molecular formula is C12H15ClO2. The topological polar surface area (TPSA) is 26.3 Å². The maximum atomic E-state index is 11.6. The molecule has 1 rings (SSSR count). The molecule has 0 aliphatic heterocycles. The highest BCUT2D eigenvalue weighted by Crippen LogP contribution is 2.10. The number of alkyl halides is 1. The molecule has 0 saturated heterocycles. The zero-order chi connectivity index (χ0) is 11.4. The summed E-state index contributed by atoms with van der Waals surface area (Å²) < 4.78 is 5.03. The normalized spacial score (nSPS) is 12.3. The van der Waals surface area contributed by atoms with Crippen molar-refractivity contribution in [1.29, 1.82) is 0 Å². The summed E-state index contributed by atoms with van der Waals surface area (Å²) in [6.45, 7) is 5.94. The maximum absolute atomic E-state index is 11.6. The van der Waals surface area contributed by atoms with Gasteiger partial charge in [-0.2, -0.15) is 0 Å². The van der Waals surface area contributed by atoms with Crippen LogP contribution in [-0.2, 0) is 4.74 Å². The van der Waals surface area contributed by atoms with Crippen LogP contribution in [0, 0.1) is 13.8 Å². The molecule has 82 valence electrons. The monoisotopic (exact) mass is 226 g/mol. The van der Waals surface area contributed by atoms with Crippen molar-refractivity contribution in [2.24, 2.45) is 0 Å². The number of aryl methyl sites for hydroxylation is 2. The smallest absolute Gasteiger partial charge is 0.338 e. The van der Waals surface area contributed by atoms with E-state index in [1.54, 1.807) is 6.92 Å². The predicted molar refractivity (Wildman–Crippen MR) is 61.5 cm³/mol. The first-order valence-corrected chi connectivity index (χ1v) is 5.32. The van der Waals surface area contributed by atoms with E-state index < -0.39 is 0 Å². The van der Waals surface area contributed by atoms with Crippen LogP contribution in [0.3, 0.4) is 0 Å². The molecule has 15 heavy (non-hydrogen) atoms. The Bertz CT molecular complexity index is 338. The highest BCUT2D eigenvalue weighted by atomic mass is 35.5. The van der Waals surface area contributed by atoms with E-state index in [0.29, 0.717) is 5.56 Å². The van der Waals surface area contributed by atoms with Crippen molar-refractivity contribution >= 4 is 17.6 Å². The standard InChI is InChI=1S/C12H15ClO2/c1-8-4-9(2)6-11(5-8)12(14)15-7-10(3)13/h4-6,10H,7H2,1-3H3. The second kappa shape index (κ2) is 5.17. The highest BCUT2D eigenvalue weighted by molar-refractivity contribution is 6.20. The minimum atomic E-state index is -0.311. The van der Waals surface area contributed by atoms with Crippen LogP contribution in [0.2, 0.25) is 0 Å². The number of esters is 1. The predicted octanol–water partition coefficient (Wildman–Crippen LogP) is 3.09. The van der Waals surface area contributed by atoms with Crippen LogP contribution in [0.1, 0.15) is 28.4 Å². The Kier molecular flexibility index (Phi) is 4.15. The first kappa shape index (κ1) is 12.1. The summed E-state index contributed by atoms with van der Waals surface area (Å²) in [6, 6.07) is 5.64. The van der Waals surface area contributed by atoms with Gasteiger partial charge in [-0.05, 0) is 32.9 Å². The molecule has 0 amide bonds. The lowest BCUT2D eigenvalue weighted by Gasteiger charge is -2.07. The lowest BCUT2D eigenvalue weighted by molar-refractivity contribution is 0.0508. The molecule has 1 atom stereocenters. The van der Waals surface area contributed by atoms with Crippen LogP contribution in [0.25, 0.3) is 0 Å². The Hall–Kier alpha value is -1.02. The largest absolute Gasteiger partial charge is 0.461 e. The second-order valence-electron chi connectivity index (χ2n) is 3.76. The molecule has 0 spiro atoms. The van der Waals surface area contributed by atoms with Crippen LogP contribution in [-0.4, -0.2) is 18.0 Å². The van der Waals surface area contributed by atoms with E-state index in [1.165, 1.54) is 0 Å². The summed E-state index contributed by atoms with van der Waals surface area (Å²) in [6.07, 6.45) is 0. The average Bonchev–Trinajstić information content (AvgIpc) is 2.12. The summed E-state index contributed by atoms with van der Waals surface area (Å²) in [7, 11) is 0. The van der Waals surface area contributed by atoms with E-state index in [0.717, 1.165) is 11.1 Å². The van der Waals surface area contributed by atoms with Crippen LogP contribution >= 0.6 is 11.6 Å². The van der Waals surface area contributed by atoms with Crippen LogP contribution < -0.4 is 0 Å². The lowest BCUT2D eigenvalue weighted by Crippen LogP contribution is -2.12. The Balaban J connectivity index is 2.73. The van der Waals surface area contributed by atoms with Crippen molar-refractivity contribution in [3.63, 3.8) is 0 Å². The van der Waals surface area contributed by atoms with Crippen molar-refractivity contribution in [3.8, 4) is 0 Å². The molecule has 2 nitrogen and oxygen atoms in total. The number of ether oxygens (including phenoxy) is 1. The third-order valence-corrected chi connectivity index (χ3v) is 2.03. The van der Waals surface area contributed by atoms with E-state index in [2.05, 4.69) is 0 Å². The average molecular weight is 227 g/mol. The van der Waals surface area contributed by atoms with Gasteiger partial charge in [-0.15, -0.1) is 11.6 Å². The number of benzene rings is 1. The van der Waals surface area contributed by atoms with Gasteiger partial charge in [0.2, 0.25) is 0 Å². The van der Waals surface area contributed by atoms with Gasteiger partial charge >= 0.3 is 5.97 Å². The molecule has 0 fully saturated rings. The Morgan fingerprint density at radius 2 is 1.87 bits per heavy atom. The third kappa shape index (κ3) is 3.92. The van der Waals surface area contributed by atoms with E-state index in [4.69, 9.17) is 16.3 Å². The number of halogens is 1. The molecule has 1 unspecified atom stereocenters. The number of hydrogen-bond acceptors (Lipinski definition) is 2. The molecule has 0 aliphatic carbocycles. The third-order valence-electron chi connectivity index (χ3n) is 1.90. The molecule has 3 heteroatoms. The Labute approximate surface area is 95.2 Å². The van der Waals surface area contributed by atoms with E-state index >= 15 is 0 Å². The molecular weight excluding hydrogens is 212 g/mol. The molecule has 0 heterocycles. The van der Waals surface area contributed by atoms with E-state index in [9.17, 15) is 4.79 Å². The molecule has 0 saturated carbocycles. The fourth-order valence-electron chi connectivity index (χ4n) is 1.37. The zero-order valence-corrected chi connectivity index (χ0v) is 9.97. The quantitative estimate of drug-likeness (QED) is 0.585. The van der Waals surface area contributed by atoms with Crippen LogP contribution in [0.15, 0.2) is 18.2 Å². The van der Waals surface area contributed by atoms with Gasteiger partial charge in [-0.25, -0.2) is 4.79 Å². The summed E-state index contributed by atoms with van der Waals surface area (Å²) in [5, 5.41) is -0.153. The molecule has 0 N–H and O–H groups in total. The zero-order valence-electron chi connectivity index (χ0n) is 9.21. The van der Waals surface area contributed by atoms with Gasteiger partial charge in [0.15, 0.2) is 0 Å². The highest BCUT2D eigenvalue weighted by Gasteiger charge is 2.09. The van der Waals surface area contributed by atoms with Crippen molar-refractivity contribution in [3.05, 3.63) is 34.9 Å². The van der Waals surface area contributed by atoms with Crippen LogP contribution in [0.5, 0.6) is 0 Å². The summed E-state index contributed by atoms with van der Waals surface area (Å²) in [5.74, 6) is -0.311. The fourth-order valence-corrected chi connectivity index (χ4v) is 1.43. The van der Waals surface area contributed by atoms with Gasteiger partial charge in [0.1, 0.15) is 6.61 Å². The Morgan fingerprint density at radius 3 is 2.33 bits per heavy atom. The number of hydrogen-bond donors (Lipinski definition) is 0. The van der Waals surface area contributed by atoms with Gasteiger partial charge in [0.05, 0.1) is 10.9 Å². The Morgan fingerprint density at radius 1 is 1.33 bits per heavy atom. The van der Waals surface area contributed by atoms with Gasteiger partial charge in [-0.3, -0.25) is 0 Å². The molecule has 0 aliphatic rings. The minimum Gasteiger partial charge on any atom is -0.461 e. The van der Waals surface area contributed by atoms with E-state index in [-0.39, 0.29) is 18.0 Å². The van der Waals surface area contributed by atoms with Crippen molar-refractivity contribution < 1.29 is 9.53 Å². The second-order valence-corrected chi connectivity index (χ2v) is 4.50. The van der Waals surface area contributed by atoms with Crippen LogP contribution in [0.4, 0.5) is 0 Å². The van der Waals surface area contributed by atoms with Gasteiger partial charge in [0, 0.05) is 0 Å². The van der Waals surface area contributed by atoms with Gasteiger partial charge in [-0.1, -0.05) is 17.2 Å².